The molecule has 0 radical (unpaired) electrons. The largest absolute Gasteiger partial charge is 0.378 e. The summed E-state index contributed by atoms with van der Waals surface area (Å²) in [6, 6.07) is 6.99. The Balaban J connectivity index is 1.58. The fourth-order valence-corrected chi connectivity index (χ4v) is 3.52. The normalized spacial score (nSPS) is 18.6. The molecule has 0 aromatic heterocycles. The molecule has 0 saturated carbocycles. The summed E-state index contributed by atoms with van der Waals surface area (Å²) in [5.41, 5.74) is 1.37. The van der Waals surface area contributed by atoms with Crippen molar-refractivity contribution >= 4 is 29.4 Å². The van der Waals surface area contributed by atoms with Crippen LogP contribution in [0.25, 0.3) is 0 Å². The average molecular weight is 335 g/mol. The molecular weight excluding hydrogens is 314 g/mol. The van der Waals surface area contributed by atoms with Crippen molar-refractivity contribution in [1.82, 2.24) is 9.80 Å². The quantitative estimate of drug-likeness (QED) is 0.894. The van der Waals surface area contributed by atoms with Crippen molar-refractivity contribution in [3.8, 4) is 0 Å². The molecule has 6 nitrogen and oxygen atoms in total. The summed E-state index contributed by atoms with van der Waals surface area (Å²) < 4.78 is 5.23. The lowest BCUT2D eigenvalue weighted by Gasteiger charge is -2.27. The minimum atomic E-state index is -0.125. The summed E-state index contributed by atoms with van der Waals surface area (Å²) in [6.45, 7) is 3.98. The average Bonchev–Trinajstić information content (AvgIpc) is 2.63. The van der Waals surface area contributed by atoms with E-state index in [1.54, 1.807) is 29.2 Å². The smallest absolute Gasteiger partial charge is 0.321 e. The summed E-state index contributed by atoms with van der Waals surface area (Å²) in [5, 5.41) is 2.86. The SMILES string of the molecule is O=C(Nc1ccc(C(=O)N2CCSCC2)cc1)N1CCOCC1. The molecule has 1 aromatic rings. The Kier molecular flexibility index (Phi) is 5.40. The number of carbonyl (C=O) groups excluding carboxylic acids is 2. The second kappa shape index (κ2) is 7.70. The number of amides is 3. The molecule has 2 aliphatic heterocycles. The van der Waals surface area contributed by atoms with Crippen LogP contribution < -0.4 is 5.32 Å². The zero-order valence-corrected chi connectivity index (χ0v) is 13.8. The van der Waals surface area contributed by atoms with Gasteiger partial charge in [0.15, 0.2) is 0 Å². The van der Waals surface area contributed by atoms with Crippen molar-refractivity contribution < 1.29 is 14.3 Å². The Labute approximate surface area is 140 Å². The van der Waals surface area contributed by atoms with E-state index in [1.807, 2.05) is 16.7 Å². The van der Waals surface area contributed by atoms with Crippen LogP contribution in [-0.2, 0) is 4.74 Å². The maximum absolute atomic E-state index is 12.4. The van der Waals surface area contributed by atoms with Crippen LogP contribution in [0.15, 0.2) is 24.3 Å². The third-order valence-electron chi connectivity index (χ3n) is 3.98. The third kappa shape index (κ3) is 4.17. The van der Waals surface area contributed by atoms with Crippen molar-refractivity contribution in [3.05, 3.63) is 29.8 Å². The summed E-state index contributed by atoms with van der Waals surface area (Å²) in [7, 11) is 0. The molecule has 1 N–H and O–H groups in total. The Morgan fingerprint density at radius 2 is 1.61 bits per heavy atom. The molecule has 3 amide bonds. The molecule has 2 heterocycles. The van der Waals surface area contributed by atoms with Crippen LogP contribution in [0.1, 0.15) is 10.4 Å². The number of hydrogen-bond donors (Lipinski definition) is 1. The van der Waals surface area contributed by atoms with Crippen LogP contribution in [0.3, 0.4) is 0 Å². The van der Waals surface area contributed by atoms with Crippen molar-refractivity contribution in [2.45, 2.75) is 0 Å². The zero-order valence-electron chi connectivity index (χ0n) is 13.0. The minimum Gasteiger partial charge on any atom is -0.378 e. The predicted molar refractivity (Wildman–Crippen MR) is 91.1 cm³/mol. The maximum Gasteiger partial charge on any atom is 0.321 e. The van der Waals surface area contributed by atoms with Gasteiger partial charge in [-0.2, -0.15) is 11.8 Å². The first kappa shape index (κ1) is 16.1. The number of nitrogens with zero attached hydrogens (tertiary/aromatic N) is 2. The van der Waals surface area contributed by atoms with Crippen LogP contribution in [0, 0.1) is 0 Å². The van der Waals surface area contributed by atoms with Gasteiger partial charge in [-0.05, 0) is 24.3 Å². The molecule has 0 aliphatic carbocycles. The van der Waals surface area contributed by atoms with Crippen molar-refractivity contribution in [2.24, 2.45) is 0 Å². The standard InChI is InChI=1S/C16H21N3O3S/c20-15(18-7-11-23-12-8-18)13-1-3-14(4-2-13)17-16(21)19-5-9-22-10-6-19/h1-4H,5-12H2,(H,17,21). The van der Waals surface area contributed by atoms with Crippen molar-refractivity contribution in [2.75, 3.05) is 56.2 Å². The number of nitrogens with one attached hydrogen (secondary N) is 1. The first-order chi connectivity index (χ1) is 11.2. The molecule has 3 rings (SSSR count). The number of thioether (sulfide) groups is 1. The molecule has 2 aliphatic rings. The first-order valence-corrected chi connectivity index (χ1v) is 9.00. The van der Waals surface area contributed by atoms with Gasteiger partial charge in [-0.25, -0.2) is 4.79 Å². The predicted octanol–water partition coefficient (Wildman–Crippen LogP) is 1.74. The van der Waals surface area contributed by atoms with Gasteiger partial charge in [-0.3, -0.25) is 4.79 Å². The van der Waals surface area contributed by atoms with Gasteiger partial charge in [0.1, 0.15) is 0 Å². The molecule has 1 aromatic carbocycles. The van der Waals surface area contributed by atoms with E-state index in [-0.39, 0.29) is 11.9 Å². The second-order valence-electron chi connectivity index (χ2n) is 5.51. The van der Waals surface area contributed by atoms with Crippen molar-refractivity contribution in [3.63, 3.8) is 0 Å². The van der Waals surface area contributed by atoms with E-state index in [2.05, 4.69) is 5.32 Å². The van der Waals surface area contributed by atoms with E-state index in [1.165, 1.54) is 0 Å². The van der Waals surface area contributed by atoms with E-state index < -0.39 is 0 Å². The topological polar surface area (TPSA) is 61.9 Å². The van der Waals surface area contributed by atoms with E-state index in [9.17, 15) is 9.59 Å². The molecule has 0 spiro atoms. The third-order valence-corrected chi connectivity index (χ3v) is 4.92. The molecule has 0 atom stereocenters. The number of benzene rings is 1. The Hall–Kier alpha value is -1.73. The zero-order chi connectivity index (χ0) is 16.1. The Bertz CT molecular complexity index is 552. The number of rotatable bonds is 2. The minimum absolute atomic E-state index is 0.0661. The number of ether oxygens (including phenoxy) is 1. The van der Waals surface area contributed by atoms with E-state index in [4.69, 9.17) is 4.74 Å². The van der Waals surface area contributed by atoms with Crippen LogP contribution in [0.5, 0.6) is 0 Å². The molecule has 0 bridgehead atoms. The fraction of sp³-hybridized carbons (Fsp3) is 0.500. The number of anilines is 1. The van der Waals surface area contributed by atoms with Crippen molar-refractivity contribution in [1.29, 1.82) is 0 Å². The van der Waals surface area contributed by atoms with E-state index in [0.717, 1.165) is 24.6 Å². The van der Waals surface area contributed by atoms with Crippen LogP contribution in [-0.4, -0.2) is 72.6 Å². The van der Waals surface area contributed by atoms with Gasteiger partial charge < -0.3 is 19.9 Å². The highest BCUT2D eigenvalue weighted by Gasteiger charge is 2.19. The molecule has 124 valence electrons. The molecular formula is C16H21N3O3S. The van der Waals surface area contributed by atoms with Gasteiger partial charge in [-0.15, -0.1) is 0 Å². The number of urea groups is 1. The Morgan fingerprint density at radius 3 is 2.26 bits per heavy atom. The van der Waals surface area contributed by atoms with E-state index in [0.29, 0.717) is 37.6 Å². The Morgan fingerprint density at radius 1 is 0.957 bits per heavy atom. The summed E-state index contributed by atoms with van der Waals surface area (Å²) in [4.78, 5) is 28.1. The summed E-state index contributed by atoms with van der Waals surface area (Å²) >= 11 is 1.88. The lowest BCUT2D eigenvalue weighted by molar-refractivity contribution is 0.0564. The van der Waals surface area contributed by atoms with Gasteiger partial charge in [0.2, 0.25) is 0 Å². The molecule has 2 saturated heterocycles. The summed E-state index contributed by atoms with van der Waals surface area (Å²) in [6.07, 6.45) is 0. The molecule has 7 heteroatoms. The highest BCUT2D eigenvalue weighted by atomic mass is 32.2. The fourth-order valence-electron chi connectivity index (χ4n) is 2.61. The summed E-state index contributed by atoms with van der Waals surface area (Å²) in [5.74, 6) is 2.06. The van der Waals surface area contributed by atoms with Gasteiger partial charge in [0, 0.05) is 48.9 Å². The monoisotopic (exact) mass is 335 g/mol. The van der Waals surface area contributed by atoms with Gasteiger partial charge in [0.25, 0.3) is 5.91 Å². The van der Waals surface area contributed by atoms with E-state index >= 15 is 0 Å². The highest BCUT2D eigenvalue weighted by molar-refractivity contribution is 7.99. The first-order valence-electron chi connectivity index (χ1n) is 7.85. The molecule has 2 fully saturated rings. The molecule has 0 unspecified atom stereocenters. The number of carbonyl (C=O) groups is 2. The van der Waals surface area contributed by atoms with Crippen LogP contribution in [0.4, 0.5) is 10.5 Å². The molecule has 23 heavy (non-hydrogen) atoms. The highest BCUT2D eigenvalue weighted by Crippen LogP contribution is 2.16. The van der Waals surface area contributed by atoms with Gasteiger partial charge in [0.05, 0.1) is 13.2 Å². The van der Waals surface area contributed by atoms with Crippen LogP contribution >= 0.6 is 11.8 Å². The number of hydrogen-bond acceptors (Lipinski definition) is 4. The lowest BCUT2D eigenvalue weighted by atomic mass is 10.2. The second-order valence-corrected chi connectivity index (χ2v) is 6.74. The van der Waals surface area contributed by atoms with Gasteiger partial charge >= 0.3 is 6.03 Å². The maximum atomic E-state index is 12.4. The van der Waals surface area contributed by atoms with Gasteiger partial charge in [-0.1, -0.05) is 0 Å². The number of morpholine rings is 1. The van der Waals surface area contributed by atoms with Crippen LogP contribution in [0.2, 0.25) is 0 Å². The lowest BCUT2D eigenvalue weighted by Crippen LogP contribution is -2.43.